The van der Waals surface area contributed by atoms with Crippen molar-refractivity contribution < 1.29 is 4.79 Å². The average molecular weight is 261 g/mol. The van der Waals surface area contributed by atoms with Crippen LogP contribution in [-0.2, 0) is 17.9 Å². The van der Waals surface area contributed by atoms with Gasteiger partial charge in [0.2, 0.25) is 5.91 Å². The molecule has 0 radical (unpaired) electrons. The number of carbonyl (C=O) groups is 1. The first kappa shape index (κ1) is 12.9. The van der Waals surface area contributed by atoms with Gasteiger partial charge in [-0.15, -0.1) is 0 Å². The van der Waals surface area contributed by atoms with E-state index in [4.69, 9.17) is 5.73 Å². The lowest BCUT2D eigenvalue weighted by molar-refractivity contribution is -0.131. The predicted molar refractivity (Wildman–Crippen MR) is 70.2 cm³/mol. The molecule has 2 rings (SSSR count). The minimum atomic E-state index is -0.256. The Bertz CT molecular complexity index is 617. The highest BCUT2D eigenvalue weighted by Gasteiger charge is 2.11. The summed E-state index contributed by atoms with van der Waals surface area (Å²) in [6.45, 7) is 0.323. The largest absolute Gasteiger partial charge is 0.398 e. The van der Waals surface area contributed by atoms with Crippen LogP contribution in [-0.4, -0.2) is 32.4 Å². The lowest BCUT2D eigenvalue weighted by Crippen LogP contribution is -2.33. The van der Waals surface area contributed by atoms with Crippen LogP contribution < -0.4 is 11.3 Å². The first-order valence-electron chi connectivity index (χ1n) is 5.74. The number of carbonyl (C=O) groups excluding carboxylic acids is 1. The lowest BCUT2D eigenvalue weighted by atomic mass is 10.4. The molecule has 0 fully saturated rings. The van der Waals surface area contributed by atoms with E-state index in [-0.39, 0.29) is 18.0 Å². The normalized spacial score (nSPS) is 10.4. The van der Waals surface area contributed by atoms with Crippen LogP contribution in [0.25, 0.3) is 0 Å². The third-order valence-corrected chi connectivity index (χ3v) is 2.68. The molecule has 0 unspecified atom stereocenters. The summed E-state index contributed by atoms with van der Waals surface area (Å²) in [5.41, 5.74) is 5.78. The van der Waals surface area contributed by atoms with E-state index < -0.39 is 0 Å². The number of amides is 1. The van der Waals surface area contributed by atoms with Crippen molar-refractivity contribution in [2.75, 3.05) is 12.8 Å². The molecule has 0 spiro atoms. The summed E-state index contributed by atoms with van der Waals surface area (Å²) in [4.78, 5) is 32.0. The molecule has 0 aliphatic carbocycles. The smallest absolute Gasteiger partial charge is 0.251 e. The number of nitrogens with two attached hydrogens (primary N) is 1. The van der Waals surface area contributed by atoms with E-state index in [0.717, 1.165) is 0 Å². The molecule has 2 aromatic rings. The molecule has 0 bridgehead atoms. The highest BCUT2D eigenvalue weighted by atomic mass is 16.2. The van der Waals surface area contributed by atoms with Crippen LogP contribution >= 0.6 is 0 Å². The maximum absolute atomic E-state index is 12.0. The van der Waals surface area contributed by atoms with Crippen LogP contribution in [0.2, 0.25) is 0 Å². The van der Waals surface area contributed by atoms with Gasteiger partial charge in [-0.05, 0) is 6.07 Å². The van der Waals surface area contributed by atoms with Crippen molar-refractivity contribution in [3.63, 3.8) is 0 Å². The molecule has 0 atom stereocenters. The number of likely N-dealkylation sites (N-methyl/N-ethyl adjacent to an activating group) is 1. The second-order valence-corrected chi connectivity index (χ2v) is 4.21. The van der Waals surface area contributed by atoms with Crippen molar-refractivity contribution in [1.29, 1.82) is 0 Å². The fourth-order valence-corrected chi connectivity index (χ4v) is 1.64. The molecule has 0 aromatic carbocycles. The highest BCUT2D eigenvalue weighted by molar-refractivity contribution is 5.75. The Balaban J connectivity index is 2.04. The second kappa shape index (κ2) is 5.38. The van der Waals surface area contributed by atoms with Crippen LogP contribution in [0.3, 0.4) is 0 Å². The van der Waals surface area contributed by atoms with E-state index in [1.54, 1.807) is 19.4 Å². The van der Waals surface area contributed by atoms with Gasteiger partial charge in [0.25, 0.3) is 5.56 Å². The zero-order valence-corrected chi connectivity index (χ0v) is 10.5. The Morgan fingerprint density at radius 2 is 2.32 bits per heavy atom. The summed E-state index contributed by atoms with van der Waals surface area (Å²) in [5.74, 6) is 0.500. The van der Waals surface area contributed by atoms with Crippen molar-refractivity contribution in [2.45, 2.75) is 13.1 Å². The molecule has 7 heteroatoms. The molecule has 2 heterocycles. The standard InChI is InChI=1S/C12H15N5O2/c1-16(7-10-14-4-5-15-10)12(19)8-17-6-9(13)2-3-11(17)18/h2-6H,7-8,13H2,1H3,(H,14,15). The van der Waals surface area contributed by atoms with Crippen molar-refractivity contribution >= 4 is 11.6 Å². The number of hydrogen-bond donors (Lipinski definition) is 2. The van der Waals surface area contributed by atoms with E-state index in [2.05, 4.69) is 9.97 Å². The maximum Gasteiger partial charge on any atom is 0.251 e. The number of rotatable bonds is 4. The Morgan fingerprint density at radius 1 is 1.53 bits per heavy atom. The first-order valence-corrected chi connectivity index (χ1v) is 5.74. The fourth-order valence-electron chi connectivity index (χ4n) is 1.64. The third-order valence-electron chi connectivity index (χ3n) is 2.68. The number of imidazole rings is 1. The maximum atomic E-state index is 12.0. The number of nitrogen functional groups attached to an aromatic ring is 1. The Hall–Kier alpha value is -2.57. The Kier molecular flexibility index (Phi) is 3.65. The van der Waals surface area contributed by atoms with Crippen molar-refractivity contribution in [3.05, 3.63) is 46.9 Å². The zero-order valence-electron chi connectivity index (χ0n) is 10.5. The van der Waals surface area contributed by atoms with Crippen LogP contribution in [0.15, 0.2) is 35.5 Å². The molecule has 19 heavy (non-hydrogen) atoms. The summed E-state index contributed by atoms with van der Waals surface area (Å²) in [5, 5.41) is 0. The summed E-state index contributed by atoms with van der Waals surface area (Å²) in [6, 6.07) is 2.85. The van der Waals surface area contributed by atoms with Crippen LogP contribution in [0, 0.1) is 0 Å². The number of anilines is 1. The van der Waals surface area contributed by atoms with E-state index in [0.29, 0.717) is 18.1 Å². The van der Waals surface area contributed by atoms with Gasteiger partial charge in [0.05, 0.1) is 6.54 Å². The lowest BCUT2D eigenvalue weighted by Gasteiger charge is -2.16. The van der Waals surface area contributed by atoms with Crippen LogP contribution in [0.5, 0.6) is 0 Å². The van der Waals surface area contributed by atoms with E-state index >= 15 is 0 Å². The van der Waals surface area contributed by atoms with Gasteiger partial charge in [-0.2, -0.15) is 0 Å². The Labute approximate surface area is 109 Å². The molecule has 1 amide bonds. The predicted octanol–water partition coefficient (Wildman–Crippen LogP) is -0.188. The van der Waals surface area contributed by atoms with Gasteiger partial charge in [0.15, 0.2) is 0 Å². The molecule has 0 aliphatic rings. The van der Waals surface area contributed by atoms with E-state index in [9.17, 15) is 9.59 Å². The minimum absolute atomic E-state index is 0.0406. The van der Waals surface area contributed by atoms with Gasteiger partial charge < -0.3 is 20.2 Å². The molecule has 7 nitrogen and oxygen atoms in total. The number of nitrogens with one attached hydrogen (secondary N) is 1. The zero-order chi connectivity index (χ0) is 13.8. The molecule has 0 aliphatic heterocycles. The topological polar surface area (TPSA) is 97.0 Å². The number of nitrogens with zero attached hydrogens (tertiary/aromatic N) is 3. The molecule has 0 saturated heterocycles. The van der Waals surface area contributed by atoms with Gasteiger partial charge in [-0.3, -0.25) is 9.59 Å². The number of aromatic amines is 1. The number of aromatic nitrogens is 3. The summed E-state index contributed by atoms with van der Waals surface area (Å²) in [7, 11) is 1.65. The Morgan fingerprint density at radius 3 is 3.00 bits per heavy atom. The third kappa shape index (κ3) is 3.21. The highest BCUT2D eigenvalue weighted by Crippen LogP contribution is 2.00. The van der Waals surface area contributed by atoms with Crippen molar-refractivity contribution in [3.8, 4) is 0 Å². The number of hydrogen-bond acceptors (Lipinski definition) is 4. The SMILES string of the molecule is CN(Cc1ncc[nH]1)C(=O)Cn1cc(N)ccc1=O. The molecule has 3 N–H and O–H groups in total. The van der Waals surface area contributed by atoms with Gasteiger partial charge in [-0.25, -0.2) is 4.98 Å². The first-order chi connectivity index (χ1) is 9.06. The van der Waals surface area contributed by atoms with Gasteiger partial charge in [0, 0.05) is 37.4 Å². The quantitative estimate of drug-likeness (QED) is 0.797. The van der Waals surface area contributed by atoms with Gasteiger partial charge in [-0.1, -0.05) is 0 Å². The molecular weight excluding hydrogens is 246 g/mol. The monoisotopic (exact) mass is 261 g/mol. The number of pyridine rings is 1. The molecule has 0 saturated carbocycles. The second-order valence-electron chi connectivity index (χ2n) is 4.21. The average Bonchev–Trinajstić information content (AvgIpc) is 2.86. The minimum Gasteiger partial charge on any atom is -0.398 e. The van der Waals surface area contributed by atoms with E-state index in [1.165, 1.54) is 27.8 Å². The van der Waals surface area contributed by atoms with Crippen LogP contribution in [0.4, 0.5) is 5.69 Å². The van der Waals surface area contributed by atoms with Crippen molar-refractivity contribution in [2.24, 2.45) is 0 Å². The summed E-state index contributed by atoms with van der Waals surface area (Å²) >= 11 is 0. The van der Waals surface area contributed by atoms with Gasteiger partial charge in [0.1, 0.15) is 12.4 Å². The van der Waals surface area contributed by atoms with E-state index in [1.807, 2.05) is 0 Å². The van der Waals surface area contributed by atoms with Crippen LogP contribution in [0.1, 0.15) is 5.82 Å². The molecule has 2 aromatic heterocycles. The molecular formula is C12H15N5O2. The van der Waals surface area contributed by atoms with Crippen molar-refractivity contribution in [1.82, 2.24) is 19.4 Å². The summed E-state index contributed by atoms with van der Waals surface area (Å²) in [6.07, 6.45) is 4.77. The number of H-pyrrole nitrogens is 1. The fraction of sp³-hybridized carbons (Fsp3) is 0.250. The van der Waals surface area contributed by atoms with Gasteiger partial charge >= 0.3 is 0 Å². The molecule has 100 valence electrons. The summed E-state index contributed by atoms with van der Waals surface area (Å²) < 4.78 is 1.29.